The summed E-state index contributed by atoms with van der Waals surface area (Å²) in [7, 11) is 0. The average molecular weight is 279 g/mol. The Hall–Kier alpha value is -2.38. The maximum absolute atomic E-state index is 9.22. The molecule has 0 amide bonds. The molecule has 0 saturated heterocycles. The first kappa shape index (κ1) is 12.6. The Balaban J connectivity index is 2.03. The number of H-pyrrole nitrogens is 1. The minimum absolute atomic E-state index is 0.684. The fraction of sp³-hybridized carbons (Fsp3) is 0.125. The van der Waals surface area contributed by atoms with E-state index in [9.17, 15) is 5.26 Å². The number of benzene rings is 1. The predicted octanol–water partition coefficient (Wildman–Crippen LogP) is 4.47. The molecule has 4 heteroatoms. The third-order valence-electron chi connectivity index (χ3n) is 3.42. The number of nitrogens with one attached hydrogen (secondary N) is 1. The van der Waals surface area contributed by atoms with Gasteiger partial charge in [0.25, 0.3) is 0 Å². The summed E-state index contributed by atoms with van der Waals surface area (Å²) >= 11 is 1.56. The predicted molar refractivity (Wildman–Crippen MR) is 84.1 cm³/mol. The maximum Gasteiger partial charge on any atom is 0.134 e. The van der Waals surface area contributed by atoms with Crippen LogP contribution in [0.25, 0.3) is 10.9 Å². The van der Waals surface area contributed by atoms with Crippen LogP contribution in [0.4, 0.5) is 5.00 Å². The van der Waals surface area contributed by atoms with E-state index in [1.807, 2.05) is 44.5 Å². The Kier molecular flexibility index (Phi) is 3.13. The van der Waals surface area contributed by atoms with Crippen molar-refractivity contribution in [3.63, 3.8) is 0 Å². The molecule has 0 aliphatic heterocycles. The Morgan fingerprint density at radius 1 is 1.30 bits per heavy atom. The molecule has 0 aliphatic carbocycles. The molecule has 3 rings (SSSR count). The second-order valence-electron chi connectivity index (χ2n) is 4.62. The molecule has 0 bridgehead atoms. The minimum Gasteiger partial charge on any atom is -0.361 e. The van der Waals surface area contributed by atoms with E-state index in [0.29, 0.717) is 5.56 Å². The highest BCUT2D eigenvalue weighted by Gasteiger charge is 2.11. The van der Waals surface area contributed by atoms with E-state index in [1.165, 1.54) is 0 Å². The zero-order chi connectivity index (χ0) is 14.1. The third kappa shape index (κ3) is 2.02. The van der Waals surface area contributed by atoms with Crippen LogP contribution in [-0.4, -0.2) is 11.2 Å². The van der Waals surface area contributed by atoms with Gasteiger partial charge >= 0.3 is 0 Å². The molecule has 0 aliphatic rings. The van der Waals surface area contributed by atoms with E-state index in [-0.39, 0.29) is 0 Å². The van der Waals surface area contributed by atoms with Gasteiger partial charge in [-0.2, -0.15) is 5.26 Å². The number of aromatic nitrogens is 1. The molecule has 1 N–H and O–H groups in total. The van der Waals surface area contributed by atoms with Gasteiger partial charge in [-0.15, -0.1) is 11.3 Å². The minimum atomic E-state index is 0.684. The van der Waals surface area contributed by atoms with Gasteiger partial charge in [-0.1, -0.05) is 18.2 Å². The smallest absolute Gasteiger partial charge is 0.134 e. The van der Waals surface area contributed by atoms with Crippen LogP contribution in [0.15, 0.2) is 35.5 Å². The molecule has 0 unspecified atom stereocenters. The maximum atomic E-state index is 9.22. The summed E-state index contributed by atoms with van der Waals surface area (Å²) in [6.45, 7) is 3.99. The van der Waals surface area contributed by atoms with Gasteiger partial charge in [0.2, 0.25) is 0 Å². The lowest BCUT2D eigenvalue weighted by Gasteiger charge is -1.91. The summed E-state index contributed by atoms with van der Waals surface area (Å²) in [6.07, 6.45) is 3.76. The zero-order valence-corrected chi connectivity index (χ0v) is 12.1. The van der Waals surface area contributed by atoms with Crippen molar-refractivity contribution in [2.75, 3.05) is 0 Å². The molecule has 2 aromatic heterocycles. The fourth-order valence-electron chi connectivity index (χ4n) is 2.16. The number of aliphatic imine (C=N–C) groups is 1. The molecule has 3 aromatic rings. The van der Waals surface area contributed by atoms with Crippen LogP contribution in [0.1, 0.15) is 21.6 Å². The number of hydrogen-bond acceptors (Lipinski definition) is 3. The summed E-state index contributed by atoms with van der Waals surface area (Å²) in [5.74, 6) is 0. The van der Waals surface area contributed by atoms with Crippen molar-refractivity contribution in [3.05, 3.63) is 52.0 Å². The van der Waals surface area contributed by atoms with Crippen LogP contribution in [0.3, 0.4) is 0 Å². The molecule has 98 valence electrons. The summed E-state index contributed by atoms with van der Waals surface area (Å²) in [4.78, 5) is 8.87. The molecule has 0 radical (unpaired) electrons. The fourth-order valence-corrected chi connectivity index (χ4v) is 3.11. The number of aromatic amines is 1. The molecule has 1 aromatic carbocycles. The van der Waals surface area contributed by atoms with Gasteiger partial charge < -0.3 is 4.98 Å². The van der Waals surface area contributed by atoms with E-state index < -0.39 is 0 Å². The first-order valence-electron chi connectivity index (χ1n) is 6.31. The lowest BCUT2D eigenvalue weighted by molar-refractivity contribution is 1.38. The van der Waals surface area contributed by atoms with Crippen molar-refractivity contribution in [1.29, 1.82) is 5.26 Å². The largest absolute Gasteiger partial charge is 0.361 e. The van der Waals surface area contributed by atoms with E-state index in [0.717, 1.165) is 31.9 Å². The van der Waals surface area contributed by atoms with E-state index in [2.05, 4.69) is 22.1 Å². The van der Waals surface area contributed by atoms with Crippen molar-refractivity contribution < 1.29 is 0 Å². The van der Waals surface area contributed by atoms with Crippen LogP contribution >= 0.6 is 11.3 Å². The highest BCUT2D eigenvalue weighted by Crippen LogP contribution is 2.34. The number of nitriles is 1. The van der Waals surface area contributed by atoms with Gasteiger partial charge in [0.15, 0.2) is 0 Å². The summed E-state index contributed by atoms with van der Waals surface area (Å²) in [5, 5.41) is 11.1. The van der Waals surface area contributed by atoms with Crippen molar-refractivity contribution >= 4 is 33.5 Å². The van der Waals surface area contributed by atoms with Gasteiger partial charge in [0, 0.05) is 33.8 Å². The molecule has 3 nitrogen and oxygen atoms in total. The summed E-state index contributed by atoms with van der Waals surface area (Å²) in [5.41, 5.74) is 3.84. The van der Waals surface area contributed by atoms with Crippen LogP contribution in [0.5, 0.6) is 0 Å². The van der Waals surface area contributed by atoms with Crippen molar-refractivity contribution in [3.8, 4) is 6.07 Å². The quantitative estimate of drug-likeness (QED) is 0.691. The standard InChI is InChI=1S/C16H13N3S/c1-10-11(2)20-16(14(10)7-17)19-9-12-8-18-15-6-4-3-5-13(12)15/h3-6,8-9,18H,1-2H3/b19-9+. The number of aryl methyl sites for hydroxylation is 1. The van der Waals surface area contributed by atoms with Crippen LogP contribution in [-0.2, 0) is 0 Å². The van der Waals surface area contributed by atoms with E-state index >= 15 is 0 Å². The first-order chi connectivity index (χ1) is 9.70. The Bertz CT molecular complexity index is 846. The Labute approximate surface area is 121 Å². The zero-order valence-electron chi connectivity index (χ0n) is 11.3. The van der Waals surface area contributed by atoms with Crippen LogP contribution in [0, 0.1) is 25.2 Å². The van der Waals surface area contributed by atoms with Crippen molar-refractivity contribution in [1.82, 2.24) is 4.98 Å². The van der Waals surface area contributed by atoms with Gasteiger partial charge in [0.1, 0.15) is 11.1 Å². The molecule has 20 heavy (non-hydrogen) atoms. The van der Waals surface area contributed by atoms with Crippen LogP contribution in [0.2, 0.25) is 0 Å². The SMILES string of the molecule is Cc1sc(/N=C/c2c[nH]c3ccccc23)c(C#N)c1C. The summed E-state index contributed by atoms with van der Waals surface area (Å²) in [6, 6.07) is 10.3. The van der Waals surface area contributed by atoms with E-state index in [1.54, 1.807) is 11.3 Å². The molecular weight excluding hydrogens is 266 g/mol. The molecule has 0 spiro atoms. The third-order valence-corrected chi connectivity index (χ3v) is 4.54. The normalized spacial score (nSPS) is 11.2. The van der Waals surface area contributed by atoms with Gasteiger partial charge in [0.05, 0.1) is 5.56 Å². The number of para-hydroxylation sites is 1. The molecule has 0 fully saturated rings. The average Bonchev–Trinajstić information content (AvgIpc) is 2.99. The van der Waals surface area contributed by atoms with Crippen LogP contribution < -0.4 is 0 Å². The molecular formula is C16H13N3S. The van der Waals surface area contributed by atoms with E-state index in [4.69, 9.17) is 0 Å². The first-order valence-corrected chi connectivity index (χ1v) is 7.12. The topological polar surface area (TPSA) is 51.9 Å². The van der Waals surface area contributed by atoms with Gasteiger partial charge in [-0.25, -0.2) is 4.99 Å². The molecule has 0 atom stereocenters. The molecule has 2 heterocycles. The molecule has 0 saturated carbocycles. The van der Waals surface area contributed by atoms with Gasteiger partial charge in [-0.3, -0.25) is 0 Å². The highest BCUT2D eigenvalue weighted by molar-refractivity contribution is 7.16. The number of rotatable bonds is 2. The second-order valence-corrected chi connectivity index (χ2v) is 5.83. The lowest BCUT2D eigenvalue weighted by atomic mass is 10.2. The monoisotopic (exact) mass is 279 g/mol. The van der Waals surface area contributed by atoms with Crippen molar-refractivity contribution in [2.45, 2.75) is 13.8 Å². The van der Waals surface area contributed by atoms with Gasteiger partial charge in [-0.05, 0) is 25.5 Å². The summed E-state index contributed by atoms with van der Waals surface area (Å²) < 4.78 is 0. The number of fused-ring (bicyclic) bond motifs is 1. The Morgan fingerprint density at radius 3 is 2.90 bits per heavy atom. The number of hydrogen-bond donors (Lipinski definition) is 1. The highest BCUT2D eigenvalue weighted by atomic mass is 32.1. The Morgan fingerprint density at radius 2 is 2.10 bits per heavy atom. The lowest BCUT2D eigenvalue weighted by Crippen LogP contribution is -1.78. The second kappa shape index (κ2) is 4.95. The van der Waals surface area contributed by atoms with Crippen molar-refractivity contribution in [2.24, 2.45) is 4.99 Å². The number of nitrogens with zero attached hydrogens (tertiary/aromatic N) is 2. The number of thiophene rings is 1.